The summed E-state index contributed by atoms with van der Waals surface area (Å²) in [4.78, 5) is 0. The van der Waals surface area contributed by atoms with Gasteiger partial charge in [-0.05, 0) is 35.4 Å². The highest BCUT2D eigenvalue weighted by atomic mass is 15.1. The van der Waals surface area contributed by atoms with E-state index in [1.54, 1.807) is 0 Å². The van der Waals surface area contributed by atoms with Crippen LogP contribution in [0.25, 0.3) is 0 Å². The molecular formula is C26H22N4+2. The molecule has 10 rings (SSSR count). The van der Waals surface area contributed by atoms with Gasteiger partial charge in [-0.1, -0.05) is 24.3 Å². The zero-order valence-corrected chi connectivity index (χ0v) is 16.4. The lowest BCUT2D eigenvalue weighted by molar-refractivity contribution is -0.769. The first-order valence-corrected chi connectivity index (χ1v) is 10.5. The fraction of sp³-hybridized carbons (Fsp3) is 0.154. The molecule has 6 aliphatic rings. The number of nitrogens with two attached hydrogens (primary N) is 2. The van der Waals surface area contributed by atoms with Crippen LogP contribution in [0.15, 0.2) is 85.2 Å². The van der Waals surface area contributed by atoms with Crippen molar-refractivity contribution in [1.82, 2.24) is 0 Å². The molecule has 0 spiro atoms. The maximum absolute atomic E-state index is 6.30. The van der Waals surface area contributed by atoms with E-state index in [9.17, 15) is 0 Å². The number of nitrogens with zero attached hydrogens (tertiary/aromatic N) is 2. The van der Waals surface area contributed by atoms with Crippen LogP contribution in [0.2, 0.25) is 0 Å². The Bertz CT molecular complexity index is 1250. The Morgan fingerprint density at radius 2 is 1.07 bits per heavy atom. The van der Waals surface area contributed by atoms with Crippen molar-refractivity contribution in [3.8, 4) is 0 Å². The van der Waals surface area contributed by atoms with Gasteiger partial charge in [-0.15, -0.1) is 0 Å². The summed E-state index contributed by atoms with van der Waals surface area (Å²) in [6.45, 7) is 0. The fourth-order valence-electron chi connectivity index (χ4n) is 6.20. The van der Waals surface area contributed by atoms with Crippen LogP contribution in [0, 0.1) is 0 Å². The van der Waals surface area contributed by atoms with Crippen molar-refractivity contribution in [3.63, 3.8) is 0 Å². The van der Waals surface area contributed by atoms with E-state index in [1.807, 2.05) is 0 Å². The minimum Gasteiger partial charge on any atom is -0.399 e. The Morgan fingerprint density at radius 1 is 0.533 bits per heavy atom. The summed E-state index contributed by atoms with van der Waals surface area (Å²) in [5.41, 5.74) is 22.4. The molecule has 5 aliphatic heterocycles. The average Bonchev–Trinajstić information content (AvgIpc) is 2.75. The summed E-state index contributed by atoms with van der Waals surface area (Å²) >= 11 is 0. The molecule has 0 saturated heterocycles. The topological polar surface area (TPSA) is 59.8 Å². The molecule has 2 aromatic heterocycles. The van der Waals surface area contributed by atoms with E-state index in [0.717, 1.165) is 11.4 Å². The lowest BCUT2D eigenvalue weighted by Crippen LogP contribution is -2.62. The monoisotopic (exact) mass is 390 g/mol. The van der Waals surface area contributed by atoms with Crippen LogP contribution >= 0.6 is 0 Å². The van der Waals surface area contributed by atoms with Crippen LogP contribution in [-0.2, 0) is 0 Å². The predicted molar refractivity (Wildman–Crippen MR) is 115 cm³/mol. The number of anilines is 2. The molecule has 0 radical (unpaired) electrons. The van der Waals surface area contributed by atoms with Crippen molar-refractivity contribution in [2.45, 2.75) is 23.9 Å². The van der Waals surface area contributed by atoms with Gasteiger partial charge in [0.2, 0.25) is 12.1 Å². The smallest absolute Gasteiger partial charge is 0.200 e. The molecular weight excluding hydrogens is 368 g/mol. The Morgan fingerprint density at radius 3 is 1.73 bits per heavy atom. The van der Waals surface area contributed by atoms with E-state index in [4.69, 9.17) is 11.5 Å². The number of hydrogen-bond acceptors (Lipinski definition) is 2. The van der Waals surface area contributed by atoms with E-state index in [0.29, 0.717) is 0 Å². The molecule has 7 heterocycles. The van der Waals surface area contributed by atoms with Crippen molar-refractivity contribution in [2.24, 2.45) is 0 Å². The Hall–Kier alpha value is -3.66. The van der Waals surface area contributed by atoms with Crippen molar-refractivity contribution < 1.29 is 9.13 Å². The number of rotatable bonds is 0. The number of nitrogen functional groups attached to an aromatic ring is 2. The third-order valence-corrected chi connectivity index (χ3v) is 7.24. The highest BCUT2D eigenvalue weighted by Crippen LogP contribution is 2.54. The predicted octanol–water partition coefficient (Wildman–Crippen LogP) is 3.21. The molecule has 4 bridgehead atoms. The molecule has 1 aliphatic carbocycles. The van der Waals surface area contributed by atoms with Crippen LogP contribution in [-0.4, -0.2) is 0 Å². The number of benzene rings is 2. The standard InChI is InChI=1S/C26H22N4/c27-15-8-10-18-19(13-15)24-22-6-2-3-11-29(22)25(18)23-17-9-7-16(28)14-20(17)26(24)30-12-4-1-5-21(23)30/h1-14,23-26H,27-28H2/q+2/t23-,24+,25+,26-/m1/s1. The van der Waals surface area contributed by atoms with Gasteiger partial charge in [-0.2, -0.15) is 9.13 Å². The zero-order chi connectivity index (χ0) is 20.0. The second-order valence-corrected chi connectivity index (χ2v) is 8.69. The first-order valence-electron chi connectivity index (χ1n) is 10.5. The lowest BCUT2D eigenvalue weighted by atomic mass is 9.65. The molecule has 0 unspecified atom stereocenters. The maximum Gasteiger partial charge on any atom is 0.200 e. The Kier molecular flexibility index (Phi) is 2.95. The summed E-state index contributed by atoms with van der Waals surface area (Å²) < 4.78 is 4.98. The van der Waals surface area contributed by atoms with E-state index in [2.05, 4.69) is 94.3 Å². The first-order chi connectivity index (χ1) is 14.7. The van der Waals surface area contributed by atoms with Gasteiger partial charge >= 0.3 is 0 Å². The van der Waals surface area contributed by atoms with Crippen LogP contribution in [0.1, 0.15) is 57.6 Å². The molecule has 30 heavy (non-hydrogen) atoms. The Labute approximate surface area is 175 Å². The highest BCUT2D eigenvalue weighted by molar-refractivity contribution is 5.57. The molecule has 4 nitrogen and oxygen atoms in total. The largest absolute Gasteiger partial charge is 0.399 e. The van der Waals surface area contributed by atoms with Gasteiger partial charge < -0.3 is 11.5 Å². The third-order valence-electron chi connectivity index (χ3n) is 7.24. The van der Waals surface area contributed by atoms with Crippen molar-refractivity contribution in [2.75, 3.05) is 11.5 Å². The summed E-state index contributed by atoms with van der Waals surface area (Å²) in [7, 11) is 0. The molecule has 4 atom stereocenters. The summed E-state index contributed by atoms with van der Waals surface area (Å²) in [5, 5.41) is 0. The van der Waals surface area contributed by atoms with Gasteiger partial charge in [0.25, 0.3) is 0 Å². The summed E-state index contributed by atoms with van der Waals surface area (Å²) in [6, 6.07) is 26.5. The van der Waals surface area contributed by atoms with Gasteiger partial charge in [-0.3, -0.25) is 0 Å². The summed E-state index contributed by atoms with van der Waals surface area (Å²) in [6.07, 6.45) is 4.48. The van der Waals surface area contributed by atoms with E-state index >= 15 is 0 Å². The third kappa shape index (κ3) is 1.86. The Balaban J connectivity index is 1.68. The van der Waals surface area contributed by atoms with E-state index in [-0.39, 0.29) is 23.9 Å². The second kappa shape index (κ2) is 5.48. The van der Waals surface area contributed by atoms with Gasteiger partial charge in [0.1, 0.15) is 11.8 Å². The molecule has 4 aromatic rings. The number of aromatic nitrogens is 2. The van der Waals surface area contributed by atoms with Crippen molar-refractivity contribution in [3.05, 3.63) is 119 Å². The molecule has 2 aromatic carbocycles. The minimum absolute atomic E-state index is 0.131. The fourth-order valence-corrected chi connectivity index (χ4v) is 6.20. The summed E-state index contributed by atoms with van der Waals surface area (Å²) in [5.74, 6) is 0.363. The first kappa shape index (κ1) is 16.2. The molecule has 0 amide bonds. The molecule has 4 N–H and O–H groups in total. The van der Waals surface area contributed by atoms with E-state index in [1.165, 1.54) is 33.6 Å². The van der Waals surface area contributed by atoms with Gasteiger partial charge in [0.05, 0.1) is 0 Å². The minimum atomic E-state index is 0.131. The SMILES string of the molecule is Nc1ccc2c(c1)[C@H]1c3cccc[n+]3[C@@H]2[C@@H]2c3ccc(N)cc3[C@H]1[n+]1ccccc12. The molecule has 4 heteroatoms. The average molecular weight is 390 g/mol. The van der Waals surface area contributed by atoms with Gasteiger partial charge in [0, 0.05) is 46.8 Å². The molecule has 0 fully saturated rings. The lowest BCUT2D eigenvalue weighted by Gasteiger charge is -2.42. The number of hydrogen-bond donors (Lipinski definition) is 2. The van der Waals surface area contributed by atoms with Gasteiger partial charge in [-0.25, -0.2) is 0 Å². The van der Waals surface area contributed by atoms with Crippen molar-refractivity contribution in [1.29, 1.82) is 0 Å². The van der Waals surface area contributed by atoms with E-state index < -0.39 is 0 Å². The zero-order valence-electron chi connectivity index (χ0n) is 16.4. The molecule has 0 saturated carbocycles. The number of pyridine rings is 2. The second-order valence-electron chi connectivity index (χ2n) is 8.69. The van der Waals surface area contributed by atoms with Crippen LogP contribution in [0.5, 0.6) is 0 Å². The van der Waals surface area contributed by atoms with Gasteiger partial charge in [0.15, 0.2) is 23.8 Å². The normalized spacial score (nSPS) is 24.3. The van der Waals surface area contributed by atoms with Crippen LogP contribution in [0.4, 0.5) is 11.4 Å². The van der Waals surface area contributed by atoms with Crippen LogP contribution < -0.4 is 20.6 Å². The van der Waals surface area contributed by atoms with Crippen LogP contribution in [0.3, 0.4) is 0 Å². The molecule has 144 valence electrons. The van der Waals surface area contributed by atoms with Crippen molar-refractivity contribution >= 4 is 11.4 Å². The quantitative estimate of drug-likeness (QED) is 0.358. The maximum atomic E-state index is 6.30. The highest BCUT2D eigenvalue weighted by Gasteiger charge is 2.58.